The Morgan fingerprint density at radius 3 is 2.73 bits per heavy atom. The molecule has 0 bridgehead atoms. The Hall–Kier alpha value is -3.20. The number of halogens is 2. The van der Waals surface area contributed by atoms with Gasteiger partial charge in [0.05, 0.1) is 24.9 Å². The van der Waals surface area contributed by atoms with E-state index in [1.807, 2.05) is 0 Å². The molecule has 2 aliphatic rings. The number of esters is 2. The van der Waals surface area contributed by atoms with Crippen LogP contribution in [0.1, 0.15) is 37.4 Å². The van der Waals surface area contributed by atoms with Crippen LogP contribution < -0.4 is 5.32 Å². The van der Waals surface area contributed by atoms with Crippen LogP contribution in [-0.2, 0) is 28.6 Å². The molecule has 214 valence electrons. The fourth-order valence-electron chi connectivity index (χ4n) is 4.22. The minimum Gasteiger partial charge on any atom is -0.480 e. The van der Waals surface area contributed by atoms with Gasteiger partial charge in [0.25, 0.3) is 0 Å². The molecule has 0 saturated carbocycles. The highest BCUT2D eigenvalue weighted by molar-refractivity contribution is 9.10. The van der Waals surface area contributed by atoms with Crippen LogP contribution in [0.3, 0.4) is 0 Å². The number of aliphatic carboxylic acids is 1. The van der Waals surface area contributed by atoms with Gasteiger partial charge in [-0.15, -0.1) is 11.3 Å². The fraction of sp³-hybridized carbons (Fsp3) is 0.423. The van der Waals surface area contributed by atoms with Crippen molar-refractivity contribution in [3.05, 3.63) is 61.9 Å². The number of benzene rings is 1. The van der Waals surface area contributed by atoms with E-state index in [0.717, 1.165) is 0 Å². The number of aliphatic imine (C=N–C) groups is 1. The van der Waals surface area contributed by atoms with E-state index in [4.69, 9.17) is 19.2 Å². The molecule has 14 heteroatoms. The molecule has 0 aliphatic carbocycles. The number of carbonyl (C=O) groups excluding carboxylic acids is 2. The van der Waals surface area contributed by atoms with Gasteiger partial charge in [-0.05, 0) is 38.5 Å². The number of hydrogen-bond donors (Lipinski definition) is 2. The van der Waals surface area contributed by atoms with Crippen LogP contribution in [0.5, 0.6) is 0 Å². The lowest BCUT2D eigenvalue weighted by Crippen LogP contribution is -2.52. The van der Waals surface area contributed by atoms with E-state index in [1.54, 1.807) is 30.3 Å². The van der Waals surface area contributed by atoms with Gasteiger partial charge in [-0.1, -0.05) is 22.0 Å². The third kappa shape index (κ3) is 6.92. The van der Waals surface area contributed by atoms with Gasteiger partial charge >= 0.3 is 17.9 Å². The Morgan fingerprint density at radius 2 is 2.08 bits per heavy atom. The summed E-state index contributed by atoms with van der Waals surface area (Å²) >= 11 is 4.69. The molecule has 3 heterocycles. The van der Waals surface area contributed by atoms with Crippen molar-refractivity contribution >= 4 is 51.0 Å². The lowest BCUT2D eigenvalue weighted by Gasteiger charge is -2.35. The number of carboxylic acid groups (broad SMARTS) is 1. The van der Waals surface area contributed by atoms with Crippen LogP contribution in [0.15, 0.2) is 50.5 Å². The summed E-state index contributed by atoms with van der Waals surface area (Å²) in [5.41, 5.74) is 0.798. The topological polar surface area (TPSA) is 140 Å². The highest BCUT2D eigenvalue weighted by Crippen LogP contribution is 2.37. The van der Waals surface area contributed by atoms with Crippen molar-refractivity contribution < 1.29 is 38.1 Å². The third-order valence-electron chi connectivity index (χ3n) is 6.09. The Kier molecular flexibility index (Phi) is 9.66. The maximum absolute atomic E-state index is 14.0. The molecular weight excluding hydrogens is 611 g/mol. The summed E-state index contributed by atoms with van der Waals surface area (Å²) in [5.74, 6) is -2.81. The molecule has 0 amide bonds. The predicted octanol–water partition coefficient (Wildman–Crippen LogP) is 3.06. The van der Waals surface area contributed by atoms with Gasteiger partial charge in [-0.2, -0.15) is 0 Å². The standard InChI is InChI=1S/C26H28BrFN4O7S/c1-13(2)38-25(35)14(3)39-26(36)20-18(11-32-7-8-37-12-19(32)24(33)34)30-22(23-29-6-9-40-23)31-21(20)16-5-4-15(28)10-17(16)27/h4-6,9-10,13-14,19,21H,7-8,11-12H2,1-3H3,(H,30,31)(H,33,34). The zero-order valence-electron chi connectivity index (χ0n) is 21.9. The van der Waals surface area contributed by atoms with Gasteiger partial charge in [-0.3, -0.25) is 14.7 Å². The number of hydrogen-bond acceptors (Lipinski definition) is 11. The minimum atomic E-state index is -1.24. The van der Waals surface area contributed by atoms with Gasteiger partial charge in [0, 0.05) is 34.8 Å². The molecule has 1 aromatic carbocycles. The number of aromatic nitrogens is 1. The zero-order valence-corrected chi connectivity index (χ0v) is 24.3. The van der Waals surface area contributed by atoms with Crippen LogP contribution in [0.2, 0.25) is 0 Å². The Morgan fingerprint density at radius 1 is 1.30 bits per heavy atom. The molecule has 4 rings (SSSR count). The SMILES string of the molecule is CC(C)OC(=O)C(C)OC(=O)C1=C(CN2CCOCC2C(=O)O)NC(c2nccs2)=NC1c1ccc(F)cc1Br. The summed E-state index contributed by atoms with van der Waals surface area (Å²) in [6, 6.07) is 2.03. The number of rotatable bonds is 9. The average molecular weight is 640 g/mol. The zero-order chi connectivity index (χ0) is 29.0. The molecule has 11 nitrogen and oxygen atoms in total. The van der Waals surface area contributed by atoms with E-state index >= 15 is 0 Å². The molecule has 40 heavy (non-hydrogen) atoms. The maximum atomic E-state index is 14.0. The molecule has 1 aromatic heterocycles. The van der Waals surface area contributed by atoms with Crippen molar-refractivity contribution in [3.8, 4) is 0 Å². The van der Waals surface area contributed by atoms with Crippen LogP contribution in [0.25, 0.3) is 0 Å². The molecular formula is C26H28BrFN4O7S. The number of nitrogens with one attached hydrogen (secondary N) is 1. The van der Waals surface area contributed by atoms with E-state index in [-0.39, 0.29) is 25.3 Å². The third-order valence-corrected chi connectivity index (χ3v) is 7.56. The summed E-state index contributed by atoms with van der Waals surface area (Å²) in [6.07, 6.45) is -0.0483. The van der Waals surface area contributed by atoms with Gasteiger partial charge in [0.15, 0.2) is 16.9 Å². The van der Waals surface area contributed by atoms with Crippen LogP contribution in [0, 0.1) is 5.82 Å². The number of nitrogens with zero attached hydrogens (tertiary/aromatic N) is 3. The second-order valence-electron chi connectivity index (χ2n) is 9.33. The summed E-state index contributed by atoms with van der Waals surface area (Å²) in [7, 11) is 0. The lowest BCUT2D eigenvalue weighted by atomic mass is 9.95. The Labute approximate surface area is 242 Å². The number of amidine groups is 1. The fourth-order valence-corrected chi connectivity index (χ4v) is 5.37. The van der Waals surface area contributed by atoms with E-state index in [1.165, 1.54) is 36.5 Å². The first-order chi connectivity index (χ1) is 19.0. The van der Waals surface area contributed by atoms with E-state index in [0.29, 0.717) is 33.2 Å². The van der Waals surface area contributed by atoms with Crippen molar-refractivity contribution in [2.45, 2.75) is 45.1 Å². The van der Waals surface area contributed by atoms with E-state index in [9.17, 15) is 23.9 Å². The van der Waals surface area contributed by atoms with Crippen molar-refractivity contribution in [1.82, 2.24) is 15.2 Å². The van der Waals surface area contributed by atoms with Crippen LogP contribution in [0.4, 0.5) is 4.39 Å². The minimum absolute atomic E-state index is 0.00467. The first-order valence-corrected chi connectivity index (χ1v) is 14.1. The molecule has 2 N–H and O–H groups in total. The molecule has 1 fully saturated rings. The van der Waals surface area contributed by atoms with Gasteiger partial charge in [-0.25, -0.2) is 19.0 Å². The first kappa shape index (κ1) is 29.8. The quantitative estimate of drug-likeness (QED) is 0.394. The predicted molar refractivity (Wildman–Crippen MR) is 146 cm³/mol. The number of morpholine rings is 1. The molecule has 3 atom stereocenters. The van der Waals surface area contributed by atoms with E-state index in [2.05, 4.69) is 26.2 Å². The average Bonchev–Trinajstić information content (AvgIpc) is 3.43. The second kappa shape index (κ2) is 13.0. The van der Waals surface area contributed by atoms with Crippen LogP contribution >= 0.6 is 27.3 Å². The summed E-state index contributed by atoms with van der Waals surface area (Å²) < 4.78 is 30.5. The van der Waals surface area contributed by atoms with Gasteiger partial charge in [0.1, 0.15) is 17.9 Å². The summed E-state index contributed by atoms with van der Waals surface area (Å²) in [6.45, 7) is 5.31. The molecule has 0 spiro atoms. The summed E-state index contributed by atoms with van der Waals surface area (Å²) in [5, 5.41) is 15.2. The molecule has 0 radical (unpaired) electrons. The normalized spacial score (nSPS) is 20.5. The second-order valence-corrected chi connectivity index (χ2v) is 11.1. The number of thiazole rings is 1. The maximum Gasteiger partial charge on any atom is 0.347 e. The smallest absolute Gasteiger partial charge is 0.347 e. The number of ether oxygens (including phenoxy) is 3. The number of carboxylic acids is 1. The van der Waals surface area contributed by atoms with Crippen molar-refractivity contribution in [2.24, 2.45) is 4.99 Å². The van der Waals surface area contributed by atoms with Crippen molar-refractivity contribution in [2.75, 3.05) is 26.3 Å². The monoisotopic (exact) mass is 638 g/mol. The van der Waals surface area contributed by atoms with Gasteiger partial charge < -0.3 is 24.6 Å². The van der Waals surface area contributed by atoms with Crippen molar-refractivity contribution in [1.29, 1.82) is 0 Å². The largest absolute Gasteiger partial charge is 0.480 e. The highest BCUT2D eigenvalue weighted by atomic mass is 79.9. The molecule has 3 unspecified atom stereocenters. The highest BCUT2D eigenvalue weighted by Gasteiger charge is 2.38. The Bertz CT molecular complexity index is 1330. The van der Waals surface area contributed by atoms with Gasteiger partial charge in [0.2, 0.25) is 0 Å². The molecule has 1 saturated heterocycles. The molecule has 2 aromatic rings. The number of carbonyl (C=O) groups is 3. The van der Waals surface area contributed by atoms with Crippen LogP contribution in [-0.4, -0.2) is 83.3 Å². The lowest BCUT2D eigenvalue weighted by molar-refractivity contribution is -0.167. The summed E-state index contributed by atoms with van der Waals surface area (Å²) in [4.78, 5) is 48.9. The van der Waals surface area contributed by atoms with E-state index < -0.39 is 48.0 Å². The first-order valence-electron chi connectivity index (χ1n) is 12.4. The molecule has 2 aliphatic heterocycles. The Balaban J connectivity index is 1.81. The van der Waals surface area contributed by atoms with Crippen molar-refractivity contribution in [3.63, 3.8) is 0 Å².